The van der Waals surface area contributed by atoms with Crippen LogP contribution in [0.3, 0.4) is 0 Å². The van der Waals surface area contributed by atoms with Crippen molar-refractivity contribution in [1.82, 2.24) is 15.6 Å². The second-order valence-corrected chi connectivity index (χ2v) is 6.55. The minimum Gasteiger partial charge on any atom is -0.474 e. The molecular weight excluding hydrogens is 455 g/mol. The number of rotatable bonds is 10. The highest BCUT2D eigenvalue weighted by Gasteiger charge is 2.15. The molecule has 0 spiro atoms. The van der Waals surface area contributed by atoms with E-state index in [1.807, 2.05) is 25.3 Å². The van der Waals surface area contributed by atoms with Crippen LogP contribution in [0.2, 0.25) is 0 Å². The Bertz CT molecular complexity index is 519. The van der Waals surface area contributed by atoms with Crippen LogP contribution in [0.25, 0.3) is 0 Å². The van der Waals surface area contributed by atoms with Gasteiger partial charge < -0.3 is 20.1 Å². The molecule has 0 atom stereocenters. The van der Waals surface area contributed by atoms with Crippen molar-refractivity contribution in [2.45, 2.75) is 65.0 Å². The molecule has 0 unspecified atom stereocenters. The van der Waals surface area contributed by atoms with E-state index >= 15 is 0 Å². The van der Waals surface area contributed by atoms with Crippen LogP contribution < -0.4 is 15.4 Å². The third-order valence-electron chi connectivity index (χ3n) is 4.36. The maximum atomic E-state index is 5.98. The summed E-state index contributed by atoms with van der Waals surface area (Å²) in [6, 6.07) is 4.01. The number of halogens is 1. The highest BCUT2D eigenvalue weighted by molar-refractivity contribution is 14.0. The number of aromatic nitrogens is 1. The monoisotopic (exact) mass is 490 g/mol. The normalized spacial score (nSPS) is 15.1. The number of hydrogen-bond donors (Lipinski definition) is 2. The predicted octanol–water partition coefficient (Wildman–Crippen LogP) is 3.89. The Morgan fingerprint density at radius 2 is 2.00 bits per heavy atom. The van der Waals surface area contributed by atoms with Crippen molar-refractivity contribution in [2.24, 2.45) is 4.99 Å². The fraction of sp³-hybridized carbons (Fsp3) is 0.700. The van der Waals surface area contributed by atoms with Crippen molar-refractivity contribution < 1.29 is 9.47 Å². The van der Waals surface area contributed by atoms with Gasteiger partial charge in [0.2, 0.25) is 5.88 Å². The van der Waals surface area contributed by atoms with Crippen LogP contribution >= 0.6 is 24.0 Å². The first-order chi connectivity index (χ1) is 12.8. The van der Waals surface area contributed by atoms with E-state index in [9.17, 15) is 0 Å². The molecule has 0 radical (unpaired) electrons. The van der Waals surface area contributed by atoms with Crippen molar-refractivity contribution in [3.8, 4) is 5.88 Å². The van der Waals surface area contributed by atoms with Crippen molar-refractivity contribution >= 4 is 29.9 Å². The van der Waals surface area contributed by atoms with Gasteiger partial charge in [0.25, 0.3) is 0 Å². The summed E-state index contributed by atoms with van der Waals surface area (Å²) in [4.78, 5) is 9.06. The van der Waals surface area contributed by atoms with Gasteiger partial charge in [0.15, 0.2) is 5.96 Å². The first-order valence-corrected chi connectivity index (χ1v) is 10.0. The highest BCUT2D eigenvalue weighted by Crippen LogP contribution is 2.22. The molecule has 1 aromatic heterocycles. The standard InChI is InChI=1S/C20H34N4O2.HI/c1-3-21-20(22-13-8-14-25-4-2)24-16-17-11-12-19(23-15-17)26-18-9-6-5-7-10-18;/h11-12,15,18H,3-10,13-14,16H2,1-2H3,(H2,21,22,24);1H. The molecule has 1 aliphatic rings. The summed E-state index contributed by atoms with van der Waals surface area (Å²) in [5.74, 6) is 1.55. The average Bonchev–Trinajstić information content (AvgIpc) is 2.68. The lowest BCUT2D eigenvalue weighted by Crippen LogP contribution is -2.38. The van der Waals surface area contributed by atoms with Crippen LogP contribution in [0.1, 0.15) is 57.9 Å². The summed E-state index contributed by atoms with van der Waals surface area (Å²) >= 11 is 0. The van der Waals surface area contributed by atoms with Crippen molar-refractivity contribution in [2.75, 3.05) is 26.3 Å². The number of nitrogens with zero attached hydrogens (tertiary/aromatic N) is 2. The van der Waals surface area contributed by atoms with E-state index in [1.54, 1.807) is 0 Å². The fourth-order valence-electron chi connectivity index (χ4n) is 2.97. The minimum atomic E-state index is 0. The van der Waals surface area contributed by atoms with Gasteiger partial charge in [-0.25, -0.2) is 9.98 Å². The van der Waals surface area contributed by atoms with E-state index in [-0.39, 0.29) is 24.0 Å². The van der Waals surface area contributed by atoms with Gasteiger partial charge in [0.1, 0.15) is 6.10 Å². The van der Waals surface area contributed by atoms with Gasteiger partial charge in [0.05, 0.1) is 6.54 Å². The Labute approximate surface area is 180 Å². The SMILES string of the molecule is CCNC(=NCc1ccc(OC2CCCCC2)nc1)NCCCOCC.I. The highest BCUT2D eigenvalue weighted by atomic mass is 127. The number of pyridine rings is 1. The third-order valence-corrected chi connectivity index (χ3v) is 4.36. The zero-order chi connectivity index (χ0) is 18.5. The van der Waals surface area contributed by atoms with E-state index in [0.29, 0.717) is 12.6 Å². The average molecular weight is 490 g/mol. The van der Waals surface area contributed by atoms with E-state index in [0.717, 1.165) is 63.0 Å². The van der Waals surface area contributed by atoms with Crippen LogP contribution in [0, 0.1) is 0 Å². The minimum absolute atomic E-state index is 0. The molecule has 2 rings (SSSR count). The molecule has 7 heteroatoms. The topological polar surface area (TPSA) is 67.8 Å². The van der Waals surface area contributed by atoms with Gasteiger partial charge in [-0.2, -0.15) is 0 Å². The van der Waals surface area contributed by atoms with E-state index in [1.165, 1.54) is 19.3 Å². The molecule has 0 saturated heterocycles. The molecule has 2 N–H and O–H groups in total. The Morgan fingerprint density at radius 3 is 2.67 bits per heavy atom. The smallest absolute Gasteiger partial charge is 0.213 e. The van der Waals surface area contributed by atoms with E-state index < -0.39 is 0 Å². The number of aliphatic imine (C=N–C) groups is 1. The Balaban J connectivity index is 0.00000364. The summed E-state index contributed by atoms with van der Waals surface area (Å²) < 4.78 is 11.3. The lowest BCUT2D eigenvalue weighted by molar-refractivity contribution is 0.145. The lowest BCUT2D eigenvalue weighted by Gasteiger charge is -2.22. The molecule has 154 valence electrons. The quantitative estimate of drug-likeness (QED) is 0.226. The first-order valence-electron chi connectivity index (χ1n) is 10.0. The first kappa shape index (κ1) is 23.9. The molecule has 1 heterocycles. The van der Waals surface area contributed by atoms with Gasteiger partial charge in [-0.3, -0.25) is 0 Å². The van der Waals surface area contributed by atoms with E-state index in [4.69, 9.17) is 9.47 Å². The van der Waals surface area contributed by atoms with Gasteiger partial charge in [-0.15, -0.1) is 24.0 Å². The van der Waals surface area contributed by atoms with Crippen molar-refractivity contribution in [3.63, 3.8) is 0 Å². The molecule has 1 aliphatic carbocycles. The Hall–Kier alpha value is -1.09. The number of ether oxygens (including phenoxy) is 2. The largest absolute Gasteiger partial charge is 0.474 e. The maximum absolute atomic E-state index is 5.98. The van der Waals surface area contributed by atoms with Crippen LogP contribution in [-0.4, -0.2) is 43.4 Å². The summed E-state index contributed by atoms with van der Waals surface area (Å²) in [5.41, 5.74) is 1.08. The lowest BCUT2D eigenvalue weighted by atomic mass is 9.98. The third kappa shape index (κ3) is 10.1. The molecule has 0 amide bonds. The van der Waals surface area contributed by atoms with Crippen molar-refractivity contribution in [3.05, 3.63) is 23.9 Å². The molecule has 1 aromatic rings. The molecule has 1 saturated carbocycles. The zero-order valence-electron chi connectivity index (χ0n) is 16.7. The van der Waals surface area contributed by atoms with Crippen LogP contribution in [0.5, 0.6) is 5.88 Å². The Morgan fingerprint density at radius 1 is 1.19 bits per heavy atom. The van der Waals surface area contributed by atoms with Gasteiger partial charge in [0, 0.05) is 38.6 Å². The Kier molecular flexibility index (Phi) is 13.2. The summed E-state index contributed by atoms with van der Waals surface area (Å²) in [6.45, 7) is 7.89. The molecule has 6 nitrogen and oxygen atoms in total. The number of guanidine groups is 1. The molecule has 27 heavy (non-hydrogen) atoms. The molecule has 1 fully saturated rings. The second kappa shape index (κ2) is 14.9. The zero-order valence-corrected chi connectivity index (χ0v) is 19.0. The molecule has 0 aliphatic heterocycles. The van der Waals surface area contributed by atoms with Crippen molar-refractivity contribution in [1.29, 1.82) is 0 Å². The number of hydrogen-bond acceptors (Lipinski definition) is 4. The van der Waals surface area contributed by atoms with Crippen LogP contribution in [0.15, 0.2) is 23.3 Å². The molecule has 0 bridgehead atoms. The predicted molar refractivity (Wildman–Crippen MR) is 121 cm³/mol. The van der Waals surface area contributed by atoms with Gasteiger partial charge in [-0.1, -0.05) is 12.5 Å². The van der Waals surface area contributed by atoms with E-state index in [2.05, 4.69) is 27.5 Å². The summed E-state index contributed by atoms with van der Waals surface area (Å²) in [6.07, 6.45) is 9.32. The summed E-state index contributed by atoms with van der Waals surface area (Å²) in [5, 5.41) is 6.59. The number of nitrogens with one attached hydrogen (secondary N) is 2. The molecular formula is C20H35IN4O2. The molecule has 0 aromatic carbocycles. The van der Waals surface area contributed by atoms with Gasteiger partial charge in [-0.05, 0) is 51.5 Å². The fourth-order valence-corrected chi connectivity index (χ4v) is 2.97. The van der Waals surface area contributed by atoms with Crippen LogP contribution in [-0.2, 0) is 11.3 Å². The van der Waals surface area contributed by atoms with Crippen LogP contribution in [0.4, 0.5) is 0 Å². The van der Waals surface area contributed by atoms with Gasteiger partial charge >= 0.3 is 0 Å². The summed E-state index contributed by atoms with van der Waals surface area (Å²) in [7, 11) is 0. The maximum Gasteiger partial charge on any atom is 0.213 e. The second-order valence-electron chi connectivity index (χ2n) is 6.55.